The van der Waals surface area contributed by atoms with Gasteiger partial charge in [0.2, 0.25) is 10.0 Å². The molecule has 0 saturated carbocycles. The fourth-order valence-electron chi connectivity index (χ4n) is 3.42. The number of thiazole rings is 1. The molecule has 4 aromatic rings. The monoisotopic (exact) mass is 488 g/mol. The summed E-state index contributed by atoms with van der Waals surface area (Å²) in [5, 5.41) is 0.578. The molecule has 0 spiro atoms. The number of methoxy groups -OCH3 is 1. The summed E-state index contributed by atoms with van der Waals surface area (Å²) in [6, 6.07) is 18.8. The van der Waals surface area contributed by atoms with Gasteiger partial charge in [0.25, 0.3) is 0 Å². The maximum Gasteiger partial charge on any atom is 0.308 e. The third-order valence-electron chi connectivity index (χ3n) is 5.18. The number of nitrogens with zero attached hydrogens (tertiary/aromatic N) is 1. The molecule has 3 aromatic carbocycles. The Labute approximate surface area is 195 Å². The molecule has 32 heavy (non-hydrogen) atoms. The van der Waals surface area contributed by atoms with Gasteiger partial charge in [-0.05, 0) is 54.4 Å². The van der Waals surface area contributed by atoms with E-state index in [1.54, 1.807) is 42.9 Å². The van der Waals surface area contributed by atoms with Gasteiger partial charge in [-0.1, -0.05) is 53.3 Å². The van der Waals surface area contributed by atoms with Gasteiger partial charge in [-0.3, -0.25) is 9.36 Å². The van der Waals surface area contributed by atoms with Crippen LogP contribution in [0, 0.1) is 0 Å². The van der Waals surface area contributed by atoms with E-state index in [1.807, 2.05) is 30.3 Å². The molecule has 0 radical (unpaired) electrons. The third kappa shape index (κ3) is 4.59. The van der Waals surface area contributed by atoms with Crippen LogP contribution in [0.5, 0.6) is 5.75 Å². The number of sulfonamides is 1. The summed E-state index contributed by atoms with van der Waals surface area (Å²) < 4.78 is 36.0. The first kappa shape index (κ1) is 22.5. The SMILES string of the molecule is COc1ccc([C@H](C)NS(=O)(=O)c2ccc3c(c2)sc(=O)n3Cc2ccccc2Cl)cc1. The van der Waals surface area contributed by atoms with Gasteiger partial charge in [0.1, 0.15) is 5.75 Å². The molecular weight excluding hydrogens is 468 g/mol. The van der Waals surface area contributed by atoms with Gasteiger partial charge in [-0.2, -0.15) is 0 Å². The Bertz CT molecular complexity index is 1430. The summed E-state index contributed by atoms with van der Waals surface area (Å²) in [5.74, 6) is 0.700. The second-order valence-electron chi connectivity index (χ2n) is 7.29. The number of hydrogen-bond acceptors (Lipinski definition) is 5. The number of aromatic nitrogens is 1. The fraction of sp³-hybridized carbons (Fsp3) is 0.174. The molecule has 9 heteroatoms. The first-order valence-electron chi connectivity index (χ1n) is 9.81. The maximum atomic E-state index is 13.0. The molecule has 6 nitrogen and oxygen atoms in total. The Balaban J connectivity index is 1.61. The van der Waals surface area contributed by atoms with Gasteiger partial charge in [0.15, 0.2) is 0 Å². The van der Waals surface area contributed by atoms with Gasteiger partial charge in [-0.25, -0.2) is 13.1 Å². The number of nitrogens with one attached hydrogen (secondary N) is 1. The van der Waals surface area contributed by atoms with Crippen LogP contribution in [0.15, 0.2) is 76.4 Å². The van der Waals surface area contributed by atoms with Crippen molar-refractivity contribution in [3.8, 4) is 5.75 Å². The van der Waals surface area contributed by atoms with Crippen LogP contribution in [0.25, 0.3) is 10.2 Å². The molecule has 0 amide bonds. The van der Waals surface area contributed by atoms with E-state index in [4.69, 9.17) is 16.3 Å². The van der Waals surface area contributed by atoms with Crippen molar-refractivity contribution in [1.82, 2.24) is 9.29 Å². The molecule has 0 aliphatic carbocycles. The molecule has 0 aliphatic heterocycles. The second kappa shape index (κ2) is 9.07. The highest BCUT2D eigenvalue weighted by molar-refractivity contribution is 7.89. The highest BCUT2D eigenvalue weighted by Crippen LogP contribution is 2.25. The van der Waals surface area contributed by atoms with E-state index in [0.717, 1.165) is 22.5 Å². The molecule has 1 heterocycles. The molecule has 0 aliphatic rings. The van der Waals surface area contributed by atoms with E-state index in [9.17, 15) is 13.2 Å². The molecule has 1 N–H and O–H groups in total. The van der Waals surface area contributed by atoms with E-state index < -0.39 is 16.1 Å². The van der Waals surface area contributed by atoms with Crippen LogP contribution in [-0.4, -0.2) is 20.1 Å². The summed E-state index contributed by atoms with van der Waals surface area (Å²) in [5.41, 5.74) is 2.30. The molecule has 1 atom stereocenters. The topological polar surface area (TPSA) is 77.4 Å². The maximum absolute atomic E-state index is 13.0. The molecular formula is C23H21ClN2O4S2. The Morgan fingerprint density at radius 1 is 1.09 bits per heavy atom. The highest BCUT2D eigenvalue weighted by Gasteiger charge is 2.20. The minimum absolute atomic E-state index is 0.108. The van der Waals surface area contributed by atoms with Crippen molar-refractivity contribution in [3.05, 3.63) is 92.5 Å². The first-order valence-corrected chi connectivity index (χ1v) is 12.5. The van der Waals surface area contributed by atoms with Crippen molar-refractivity contribution < 1.29 is 13.2 Å². The summed E-state index contributed by atoms with van der Waals surface area (Å²) in [7, 11) is -2.21. The Morgan fingerprint density at radius 3 is 2.50 bits per heavy atom. The molecule has 1 aromatic heterocycles. The van der Waals surface area contributed by atoms with Crippen molar-refractivity contribution in [1.29, 1.82) is 0 Å². The number of fused-ring (bicyclic) bond motifs is 1. The number of ether oxygens (including phenoxy) is 1. The van der Waals surface area contributed by atoms with Crippen LogP contribution in [0.4, 0.5) is 0 Å². The normalized spacial score (nSPS) is 12.7. The lowest BCUT2D eigenvalue weighted by Crippen LogP contribution is -2.26. The average Bonchev–Trinajstić information content (AvgIpc) is 3.09. The van der Waals surface area contributed by atoms with E-state index in [1.165, 1.54) is 12.1 Å². The number of hydrogen-bond donors (Lipinski definition) is 1. The predicted octanol–water partition coefficient (Wildman–Crippen LogP) is 4.81. The third-order valence-corrected chi connectivity index (χ3v) is 8.03. The molecule has 0 bridgehead atoms. The van der Waals surface area contributed by atoms with Crippen LogP contribution in [0.1, 0.15) is 24.1 Å². The summed E-state index contributed by atoms with van der Waals surface area (Å²) >= 11 is 7.25. The minimum Gasteiger partial charge on any atom is -0.497 e. The van der Waals surface area contributed by atoms with Gasteiger partial charge >= 0.3 is 4.87 Å². The number of halogens is 1. The standard InChI is InChI=1S/C23H21ClN2O4S2/c1-15(16-7-9-18(30-2)10-8-16)25-32(28,29)19-11-12-21-22(13-19)31-23(27)26(21)14-17-5-3-4-6-20(17)24/h3-13,15,25H,14H2,1-2H3/t15-/m0/s1. The van der Waals surface area contributed by atoms with Crippen LogP contribution in [0.2, 0.25) is 5.02 Å². The average molecular weight is 489 g/mol. The zero-order valence-corrected chi connectivity index (χ0v) is 19.8. The van der Waals surface area contributed by atoms with Crippen LogP contribution < -0.4 is 14.3 Å². The lowest BCUT2D eigenvalue weighted by molar-refractivity contribution is 0.414. The second-order valence-corrected chi connectivity index (χ2v) is 10.4. The van der Waals surface area contributed by atoms with Gasteiger partial charge in [0, 0.05) is 11.1 Å². The zero-order chi connectivity index (χ0) is 22.9. The van der Waals surface area contributed by atoms with Crippen molar-refractivity contribution in [2.75, 3.05) is 7.11 Å². The van der Waals surface area contributed by atoms with Gasteiger partial charge in [0.05, 0.1) is 28.8 Å². The minimum atomic E-state index is -3.79. The molecule has 0 saturated heterocycles. The van der Waals surface area contributed by atoms with E-state index >= 15 is 0 Å². The van der Waals surface area contributed by atoms with Crippen LogP contribution in [-0.2, 0) is 16.6 Å². The number of benzene rings is 3. The Hall–Kier alpha value is -2.65. The summed E-state index contributed by atoms with van der Waals surface area (Å²) in [6.07, 6.45) is 0. The van der Waals surface area contributed by atoms with E-state index in [-0.39, 0.29) is 9.77 Å². The van der Waals surface area contributed by atoms with E-state index in [0.29, 0.717) is 27.5 Å². The first-order chi connectivity index (χ1) is 15.3. The van der Waals surface area contributed by atoms with Crippen LogP contribution >= 0.6 is 22.9 Å². The smallest absolute Gasteiger partial charge is 0.308 e. The van der Waals surface area contributed by atoms with E-state index in [2.05, 4.69) is 4.72 Å². The van der Waals surface area contributed by atoms with Gasteiger partial charge < -0.3 is 4.74 Å². The van der Waals surface area contributed by atoms with Crippen molar-refractivity contribution in [3.63, 3.8) is 0 Å². The zero-order valence-electron chi connectivity index (χ0n) is 17.4. The largest absolute Gasteiger partial charge is 0.497 e. The lowest BCUT2D eigenvalue weighted by atomic mass is 10.1. The Kier molecular flexibility index (Phi) is 6.39. The quantitative estimate of drug-likeness (QED) is 0.405. The predicted molar refractivity (Wildman–Crippen MR) is 128 cm³/mol. The molecule has 4 rings (SSSR count). The van der Waals surface area contributed by atoms with Gasteiger partial charge in [-0.15, -0.1) is 0 Å². The fourth-order valence-corrected chi connectivity index (χ4v) is 5.88. The highest BCUT2D eigenvalue weighted by atomic mass is 35.5. The molecule has 166 valence electrons. The van der Waals surface area contributed by atoms with Crippen molar-refractivity contribution >= 4 is 43.2 Å². The molecule has 0 unspecified atom stereocenters. The van der Waals surface area contributed by atoms with Crippen LogP contribution in [0.3, 0.4) is 0 Å². The lowest BCUT2D eigenvalue weighted by Gasteiger charge is -2.15. The Morgan fingerprint density at radius 2 is 1.81 bits per heavy atom. The number of rotatable bonds is 7. The van der Waals surface area contributed by atoms with Crippen molar-refractivity contribution in [2.45, 2.75) is 24.4 Å². The molecule has 0 fully saturated rings. The summed E-state index contributed by atoms with van der Waals surface area (Å²) in [4.78, 5) is 12.5. The van der Waals surface area contributed by atoms with Crippen molar-refractivity contribution in [2.24, 2.45) is 0 Å². The summed E-state index contributed by atoms with van der Waals surface area (Å²) in [6.45, 7) is 2.09.